The van der Waals surface area contributed by atoms with Crippen molar-refractivity contribution >= 4 is 0 Å². The van der Waals surface area contributed by atoms with Crippen molar-refractivity contribution in [2.75, 3.05) is 19.6 Å². The van der Waals surface area contributed by atoms with Crippen molar-refractivity contribution < 1.29 is 0 Å². The Labute approximate surface area is 96.0 Å². The second-order valence-electron chi connectivity index (χ2n) is 5.65. The summed E-state index contributed by atoms with van der Waals surface area (Å²) in [5.74, 6) is 0. The largest absolute Gasteiger partial charge is 0.330 e. The fourth-order valence-corrected chi connectivity index (χ4v) is 1.56. The minimum absolute atomic E-state index is 0.418. The summed E-state index contributed by atoms with van der Waals surface area (Å²) in [6.07, 6.45) is 7.92. The van der Waals surface area contributed by atoms with E-state index in [2.05, 4.69) is 26.1 Å². The molecule has 92 valence electrons. The highest BCUT2D eigenvalue weighted by molar-refractivity contribution is 4.64. The lowest BCUT2D eigenvalue weighted by molar-refractivity contribution is 0.377. The van der Waals surface area contributed by atoms with E-state index in [1.54, 1.807) is 0 Å². The van der Waals surface area contributed by atoms with E-state index in [0.717, 1.165) is 13.1 Å². The third-order valence-electron chi connectivity index (χ3n) is 2.46. The monoisotopic (exact) mass is 214 g/mol. The third kappa shape index (κ3) is 13.9. The van der Waals surface area contributed by atoms with E-state index in [-0.39, 0.29) is 0 Å². The standard InChI is InChI=1S/C13H30N2/c1-13(2,3)12-15-11-9-7-5-4-6-8-10-14/h15H,4-12,14H2,1-3H3. The Bertz CT molecular complexity index is 127. The van der Waals surface area contributed by atoms with Gasteiger partial charge in [-0.2, -0.15) is 0 Å². The lowest BCUT2D eigenvalue weighted by Crippen LogP contribution is -2.27. The SMILES string of the molecule is CC(C)(C)CNCCCCCCCCN. The molecule has 0 unspecified atom stereocenters. The number of unbranched alkanes of at least 4 members (excludes halogenated alkanes) is 5. The minimum Gasteiger partial charge on any atom is -0.330 e. The average Bonchev–Trinajstić information content (AvgIpc) is 2.14. The summed E-state index contributed by atoms with van der Waals surface area (Å²) in [6, 6.07) is 0. The number of hydrogen-bond acceptors (Lipinski definition) is 2. The first-order chi connectivity index (χ1) is 7.06. The first-order valence-corrected chi connectivity index (χ1v) is 6.47. The van der Waals surface area contributed by atoms with Crippen molar-refractivity contribution in [1.29, 1.82) is 0 Å². The van der Waals surface area contributed by atoms with Crippen LogP contribution in [0.4, 0.5) is 0 Å². The molecule has 0 aromatic rings. The fraction of sp³-hybridized carbons (Fsp3) is 1.00. The van der Waals surface area contributed by atoms with Gasteiger partial charge in [-0.15, -0.1) is 0 Å². The molecule has 0 atom stereocenters. The van der Waals surface area contributed by atoms with Gasteiger partial charge >= 0.3 is 0 Å². The van der Waals surface area contributed by atoms with E-state index >= 15 is 0 Å². The van der Waals surface area contributed by atoms with Crippen molar-refractivity contribution in [2.45, 2.75) is 59.3 Å². The zero-order valence-corrected chi connectivity index (χ0v) is 10.9. The van der Waals surface area contributed by atoms with Gasteiger partial charge < -0.3 is 11.1 Å². The van der Waals surface area contributed by atoms with Crippen LogP contribution in [0.3, 0.4) is 0 Å². The van der Waals surface area contributed by atoms with Gasteiger partial charge in [0.2, 0.25) is 0 Å². The van der Waals surface area contributed by atoms with Crippen LogP contribution in [0.5, 0.6) is 0 Å². The van der Waals surface area contributed by atoms with Crippen molar-refractivity contribution in [2.24, 2.45) is 11.1 Å². The van der Waals surface area contributed by atoms with Crippen LogP contribution in [0.1, 0.15) is 59.3 Å². The molecule has 0 fully saturated rings. The van der Waals surface area contributed by atoms with Crippen LogP contribution < -0.4 is 11.1 Å². The second-order valence-corrected chi connectivity index (χ2v) is 5.65. The first-order valence-electron chi connectivity index (χ1n) is 6.47. The molecular formula is C13H30N2. The van der Waals surface area contributed by atoms with Crippen molar-refractivity contribution in [3.05, 3.63) is 0 Å². The maximum Gasteiger partial charge on any atom is -0.0000126 e. The van der Waals surface area contributed by atoms with Crippen molar-refractivity contribution in [3.8, 4) is 0 Å². The zero-order valence-electron chi connectivity index (χ0n) is 10.9. The molecule has 0 aromatic heterocycles. The van der Waals surface area contributed by atoms with Crippen LogP contribution in [0.15, 0.2) is 0 Å². The molecule has 0 aliphatic carbocycles. The van der Waals surface area contributed by atoms with Gasteiger partial charge in [0.1, 0.15) is 0 Å². The van der Waals surface area contributed by atoms with E-state index in [1.165, 1.54) is 45.1 Å². The van der Waals surface area contributed by atoms with Gasteiger partial charge in [-0.05, 0) is 37.9 Å². The van der Waals surface area contributed by atoms with Gasteiger partial charge in [-0.25, -0.2) is 0 Å². The molecule has 0 aromatic carbocycles. The van der Waals surface area contributed by atoms with Crippen LogP contribution in [0.2, 0.25) is 0 Å². The smallest absolute Gasteiger partial charge is 0.0000126 e. The maximum atomic E-state index is 5.44. The van der Waals surface area contributed by atoms with Gasteiger partial charge in [0.25, 0.3) is 0 Å². The summed E-state index contributed by atoms with van der Waals surface area (Å²) in [6.45, 7) is 9.97. The number of rotatable bonds is 9. The molecular weight excluding hydrogens is 184 g/mol. The van der Waals surface area contributed by atoms with Gasteiger partial charge in [-0.3, -0.25) is 0 Å². The summed E-state index contributed by atoms with van der Waals surface area (Å²) in [4.78, 5) is 0. The molecule has 3 N–H and O–H groups in total. The Morgan fingerprint density at radius 1 is 0.867 bits per heavy atom. The molecule has 0 saturated carbocycles. The Kier molecular flexibility index (Phi) is 9.12. The Morgan fingerprint density at radius 2 is 1.40 bits per heavy atom. The van der Waals surface area contributed by atoms with Crippen LogP contribution in [0.25, 0.3) is 0 Å². The van der Waals surface area contributed by atoms with Crippen LogP contribution in [-0.2, 0) is 0 Å². The zero-order chi connectivity index (χ0) is 11.6. The van der Waals surface area contributed by atoms with Gasteiger partial charge in [-0.1, -0.05) is 46.5 Å². The van der Waals surface area contributed by atoms with E-state index in [9.17, 15) is 0 Å². The summed E-state index contributed by atoms with van der Waals surface area (Å²) in [7, 11) is 0. The van der Waals surface area contributed by atoms with Gasteiger partial charge in [0, 0.05) is 0 Å². The van der Waals surface area contributed by atoms with E-state index in [1.807, 2.05) is 0 Å². The van der Waals surface area contributed by atoms with E-state index in [0.29, 0.717) is 5.41 Å². The van der Waals surface area contributed by atoms with E-state index in [4.69, 9.17) is 5.73 Å². The Hall–Kier alpha value is -0.0800. The molecule has 15 heavy (non-hydrogen) atoms. The molecule has 0 saturated heterocycles. The summed E-state index contributed by atoms with van der Waals surface area (Å²) < 4.78 is 0. The predicted molar refractivity (Wildman–Crippen MR) is 69.1 cm³/mol. The van der Waals surface area contributed by atoms with Crippen molar-refractivity contribution in [1.82, 2.24) is 5.32 Å². The molecule has 0 spiro atoms. The Balaban J connectivity index is 2.99. The molecule has 0 aliphatic rings. The molecule has 0 amide bonds. The topological polar surface area (TPSA) is 38.0 Å². The van der Waals surface area contributed by atoms with Gasteiger partial charge in [0.15, 0.2) is 0 Å². The second kappa shape index (κ2) is 9.17. The molecule has 0 aliphatic heterocycles. The molecule has 0 rings (SSSR count). The fourth-order valence-electron chi connectivity index (χ4n) is 1.56. The minimum atomic E-state index is 0.418. The summed E-state index contributed by atoms with van der Waals surface area (Å²) in [5, 5.41) is 3.51. The quantitative estimate of drug-likeness (QED) is 0.579. The summed E-state index contributed by atoms with van der Waals surface area (Å²) >= 11 is 0. The lowest BCUT2D eigenvalue weighted by atomic mass is 9.97. The Morgan fingerprint density at radius 3 is 1.93 bits per heavy atom. The molecule has 0 radical (unpaired) electrons. The van der Waals surface area contributed by atoms with Crippen molar-refractivity contribution in [3.63, 3.8) is 0 Å². The number of nitrogens with two attached hydrogens (primary N) is 1. The van der Waals surface area contributed by atoms with Crippen LogP contribution >= 0.6 is 0 Å². The molecule has 2 nitrogen and oxygen atoms in total. The maximum absolute atomic E-state index is 5.44. The average molecular weight is 214 g/mol. The highest BCUT2D eigenvalue weighted by Gasteiger charge is 2.07. The first kappa shape index (κ1) is 14.9. The number of nitrogens with one attached hydrogen (secondary N) is 1. The molecule has 0 heterocycles. The normalized spacial score (nSPS) is 12.0. The highest BCUT2D eigenvalue weighted by Crippen LogP contribution is 2.10. The molecule has 0 bridgehead atoms. The highest BCUT2D eigenvalue weighted by atomic mass is 14.9. The number of hydrogen-bond donors (Lipinski definition) is 2. The third-order valence-corrected chi connectivity index (χ3v) is 2.46. The van der Waals surface area contributed by atoms with Gasteiger partial charge in [0.05, 0.1) is 0 Å². The predicted octanol–water partition coefficient (Wildman–Crippen LogP) is 2.92. The lowest BCUT2D eigenvalue weighted by Gasteiger charge is -2.18. The molecule has 2 heteroatoms. The summed E-state index contributed by atoms with van der Waals surface area (Å²) in [5.41, 5.74) is 5.86. The van der Waals surface area contributed by atoms with E-state index < -0.39 is 0 Å². The van der Waals surface area contributed by atoms with Crippen LogP contribution in [0, 0.1) is 5.41 Å². The van der Waals surface area contributed by atoms with Crippen LogP contribution in [-0.4, -0.2) is 19.6 Å².